The predicted molar refractivity (Wildman–Crippen MR) is 64.4 cm³/mol. The molecule has 0 saturated carbocycles. The summed E-state index contributed by atoms with van der Waals surface area (Å²) in [6.07, 6.45) is 2.01. The van der Waals surface area contributed by atoms with Crippen LogP contribution in [0.3, 0.4) is 0 Å². The molecular weight excluding hydrogens is 207 g/mol. The average Bonchev–Trinajstić information content (AvgIpc) is 2.11. The third-order valence-electron chi connectivity index (χ3n) is 1.76. The molecule has 0 radical (unpaired) electrons. The summed E-state index contributed by atoms with van der Waals surface area (Å²) >= 11 is 0. The Hall–Kier alpha value is -1.09. The summed E-state index contributed by atoms with van der Waals surface area (Å²) in [6.45, 7) is 7.27. The lowest BCUT2D eigenvalue weighted by molar-refractivity contribution is 0.360. The average molecular weight is 224 g/mol. The van der Waals surface area contributed by atoms with Gasteiger partial charge in [0.1, 0.15) is 18.2 Å². The first kappa shape index (κ1) is 12.0. The molecule has 3 heteroatoms. The molecule has 0 amide bonds. The lowest BCUT2D eigenvalue weighted by atomic mass is 10.3. The van der Waals surface area contributed by atoms with Gasteiger partial charge in [-0.2, -0.15) is 0 Å². The first-order chi connectivity index (χ1) is 6.97. The molecular formula is C12H17FOSi. The van der Waals surface area contributed by atoms with Gasteiger partial charge in [-0.1, -0.05) is 37.5 Å². The zero-order chi connectivity index (χ0) is 11.3. The molecule has 0 atom stereocenters. The Morgan fingerprint density at radius 3 is 2.67 bits per heavy atom. The van der Waals surface area contributed by atoms with Crippen LogP contribution < -0.4 is 4.74 Å². The minimum atomic E-state index is -1.14. The van der Waals surface area contributed by atoms with E-state index in [1.807, 2.05) is 6.08 Å². The van der Waals surface area contributed by atoms with Crippen LogP contribution in [-0.2, 0) is 0 Å². The van der Waals surface area contributed by atoms with E-state index in [2.05, 4.69) is 25.3 Å². The van der Waals surface area contributed by atoms with Gasteiger partial charge in [-0.05, 0) is 12.1 Å². The summed E-state index contributed by atoms with van der Waals surface area (Å²) in [6, 6.07) is 6.20. The second-order valence-corrected chi connectivity index (χ2v) is 9.60. The standard InChI is InChI=1S/C12H17FOSi/c1-15(2,3)9-5-8-14-12-7-4-6-11(13)10-12/h4-7,9-10H,8H2,1-3H3/b9-5+. The Balaban J connectivity index is 2.42. The first-order valence-corrected chi connectivity index (χ1v) is 8.61. The molecule has 0 N–H and O–H groups in total. The Bertz CT molecular complexity index is 342. The topological polar surface area (TPSA) is 9.23 Å². The van der Waals surface area contributed by atoms with Crippen LogP contribution in [0, 0.1) is 5.82 Å². The molecule has 82 valence electrons. The summed E-state index contributed by atoms with van der Waals surface area (Å²) in [5.41, 5.74) is 2.21. The normalized spacial score (nSPS) is 12.0. The molecule has 0 aliphatic rings. The van der Waals surface area contributed by atoms with E-state index in [1.54, 1.807) is 12.1 Å². The Labute approximate surface area is 91.6 Å². The van der Waals surface area contributed by atoms with E-state index in [4.69, 9.17) is 4.74 Å². The molecule has 0 fully saturated rings. The molecule has 0 spiro atoms. The second kappa shape index (κ2) is 5.12. The number of ether oxygens (including phenoxy) is 1. The molecule has 0 unspecified atom stereocenters. The summed E-state index contributed by atoms with van der Waals surface area (Å²) in [4.78, 5) is 0. The van der Waals surface area contributed by atoms with Crippen LogP contribution in [0.5, 0.6) is 5.75 Å². The van der Waals surface area contributed by atoms with Gasteiger partial charge in [0.25, 0.3) is 0 Å². The minimum absolute atomic E-state index is 0.262. The highest BCUT2D eigenvalue weighted by molar-refractivity contribution is 6.80. The number of rotatable bonds is 4. The molecule has 0 bridgehead atoms. The van der Waals surface area contributed by atoms with Gasteiger partial charge in [-0.15, -0.1) is 0 Å². The van der Waals surface area contributed by atoms with E-state index in [0.29, 0.717) is 12.4 Å². The molecule has 0 aliphatic carbocycles. The quantitative estimate of drug-likeness (QED) is 0.709. The van der Waals surface area contributed by atoms with Crippen molar-refractivity contribution < 1.29 is 9.13 Å². The lowest BCUT2D eigenvalue weighted by Crippen LogP contribution is -2.15. The van der Waals surface area contributed by atoms with Crippen molar-refractivity contribution >= 4 is 8.07 Å². The van der Waals surface area contributed by atoms with Crippen LogP contribution in [0.2, 0.25) is 19.6 Å². The Morgan fingerprint density at radius 1 is 1.33 bits per heavy atom. The molecule has 0 aliphatic heterocycles. The van der Waals surface area contributed by atoms with Gasteiger partial charge in [0.05, 0.1) is 8.07 Å². The third-order valence-corrected chi connectivity index (χ3v) is 3.00. The van der Waals surface area contributed by atoms with E-state index < -0.39 is 8.07 Å². The van der Waals surface area contributed by atoms with Crippen molar-refractivity contribution in [2.75, 3.05) is 6.61 Å². The van der Waals surface area contributed by atoms with E-state index >= 15 is 0 Å². The minimum Gasteiger partial charge on any atom is -0.489 e. The largest absolute Gasteiger partial charge is 0.489 e. The van der Waals surface area contributed by atoms with Gasteiger partial charge in [-0.25, -0.2) is 4.39 Å². The van der Waals surface area contributed by atoms with E-state index in [1.165, 1.54) is 12.1 Å². The van der Waals surface area contributed by atoms with Crippen molar-refractivity contribution in [1.29, 1.82) is 0 Å². The van der Waals surface area contributed by atoms with Gasteiger partial charge < -0.3 is 4.74 Å². The fourth-order valence-electron chi connectivity index (χ4n) is 1.10. The molecule has 15 heavy (non-hydrogen) atoms. The van der Waals surface area contributed by atoms with Gasteiger partial charge in [0.2, 0.25) is 0 Å². The van der Waals surface area contributed by atoms with Crippen LogP contribution in [0.4, 0.5) is 4.39 Å². The third kappa shape index (κ3) is 5.37. The number of hydrogen-bond donors (Lipinski definition) is 0. The lowest BCUT2D eigenvalue weighted by Gasteiger charge is -2.08. The highest BCUT2D eigenvalue weighted by Gasteiger charge is 2.06. The summed E-state index contributed by atoms with van der Waals surface area (Å²) < 4.78 is 18.2. The van der Waals surface area contributed by atoms with Crippen molar-refractivity contribution in [2.24, 2.45) is 0 Å². The smallest absolute Gasteiger partial charge is 0.126 e. The number of hydrogen-bond acceptors (Lipinski definition) is 1. The molecule has 0 saturated heterocycles. The second-order valence-electron chi connectivity index (χ2n) is 4.54. The van der Waals surface area contributed by atoms with Crippen molar-refractivity contribution in [3.8, 4) is 5.75 Å². The van der Waals surface area contributed by atoms with E-state index in [9.17, 15) is 4.39 Å². The molecule has 0 aromatic heterocycles. The van der Waals surface area contributed by atoms with Gasteiger partial charge in [0, 0.05) is 6.07 Å². The SMILES string of the molecule is C[Si](C)(C)/C=C/COc1cccc(F)c1. The zero-order valence-corrected chi connectivity index (χ0v) is 10.5. The van der Waals surface area contributed by atoms with Gasteiger partial charge in [-0.3, -0.25) is 0 Å². The fourth-order valence-corrected chi connectivity index (χ4v) is 1.91. The van der Waals surface area contributed by atoms with Crippen LogP contribution in [-0.4, -0.2) is 14.7 Å². The highest BCUT2D eigenvalue weighted by Crippen LogP contribution is 2.11. The molecule has 0 heterocycles. The van der Waals surface area contributed by atoms with Crippen LogP contribution >= 0.6 is 0 Å². The monoisotopic (exact) mass is 224 g/mol. The number of benzene rings is 1. The molecule has 1 rings (SSSR count). The van der Waals surface area contributed by atoms with Crippen LogP contribution in [0.15, 0.2) is 36.0 Å². The van der Waals surface area contributed by atoms with Crippen molar-refractivity contribution in [1.82, 2.24) is 0 Å². The zero-order valence-electron chi connectivity index (χ0n) is 9.46. The van der Waals surface area contributed by atoms with Gasteiger partial charge >= 0.3 is 0 Å². The summed E-state index contributed by atoms with van der Waals surface area (Å²) in [5.74, 6) is 0.317. The summed E-state index contributed by atoms with van der Waals surface area (Å²) in [7, 11) is -1.14. The fraction of sp³-hybridized carbons (Fsp3) is 0.333. The number of halogens is 1. The van der Waals surface area contributed by atoms with E-state index in [-0.39, 0.29) is 5.82 Å². The van der Waals surface area contributed by atoms with E-state index in [0.717, 1.165) is 0 Å². The predicted octanol–water partition coefficient (Wildman–Crippen LogP) is 3.64. The van der Waals surface area contributed by atoms with Crippen molar-refractivity contribution in [3.05, 3.63) is 41.9 Å². The van der Waals surface area contributed by atoms with Crippen LogP contribution in [0.25, 0.3) is 0 Å². The maximum absolute atomic E-state index is 12.8. The van der Waals surface area contributed by atoms with Crippen molar-refractivity contribution in [3.63, 3.8) is 0 Å². The summed E-state index contributed by atoms with van der Waals surface area (Å²) in [5, 5.41) is 0. The van der Waals surface area contributed by atoms with Gasteiger partial charge in [0.15, 0.2) is 0 Å². The molecule has 1 aromatic rings. The Morgan fingerprint density at radius 2 is 2.07 bits per heavy atom. The molecule has 1 nitrogen and oxygen atoms in total. The first-order valence-electron chi connectivity index (χ1n) is 5.03. The molecule has 1 aromatic carbocycles. The Kier molecular flexibility index (Phi) is 4.09. The maximum Gasteiger partial charge on any atom is 0.126 e. The highest BCUT2D eigenvalue weighted by atomic mass is 28.3. The van der Waals surface area contributed by atoms with Crippen LogP contribution in [0.1, 0.15) is 0 Å². The van der Waals surface area contributed by atoms with Crippen molar-refractivity contribution in [2.45, 2.75) is 19.6 Å². The maximum atomic E-state index is 12.8.